The van der Waals surface area contributed by atoms with Crippen LogP contribution in [0, 0.1) is 0 Å². The molecule has 0 atom stereocenters. The molecule has 15 heavy (non-hydrogen) atoms. The lowest BCUT2D eigenvalue weighted by Crippen LogP contribution is -2.12. The quantitative estimate of drug-likeness (QED) is 0.482. The van der Waals surface area contributed by atoms with Crippen molar-refractivity contribution >= 4 is 17.6 Å². The second-order valence-corrected chi connectivity index (χ2v) is 3.94. The molecule has 0 aliphatic carbocycles. The van der Waals surface area contributed by atoms with E-state index in [1.165, 1.54) is 11.8 Å². The lowest BCUT2D eigenvalue weighted by Gasteiger charge is -2.10. The topological polar surface area (TPSA) is 50.9 Å². The third-order valence-corrected chi connectivity index (χ3v) is 2.36. The Balaban J connectivity index is 3.11. The molecule has 0 aliphatic heterocycles. The number of nitrogens with zero attached hydrogens (tertiary/aromatic N) is 1. The van der Waals surface area contributed by atoms with E-state index in [1.54, 1.807) is 0 Å². The number of pyridine rings is 1. The van der Waals surface area contributed by atoms with Crippen LogP contribution in [0.15, 0.2) is 17.2 Å². The zero-order valence-corrected chi connectivity index (χ0v) is 8.75. The molecule has 0 saturated heterocycles. The van der Waals surface area contributed by atoms with Crippen LogP contribution in [0.4, 0.5) is 19.0 Å². The molecular weight excluding hydrogens is 227 g/mol. The maximum absolute atomic E-state index is 12.4. The number of rotatable bonds is 3. The van der Waals surface area contributed by atoms with Crippen molar-refractivity contribution in [1.82, 2.24) is 4.98 Å². The number of hydrogen-bond donors (Lipinski definition) is 2. The number of alkyl halides is 3. The molecule has 3 nitrogen and oxygen atoms in total. The fourth-order valence-electron chi connectivity index (χ4n) is 0.965. The first kappa shape index (κ1) is 12.1. The first-order chi connectivity index (χ1) is 6.97. The average molecular weight is 237 g/mol. The van der Waals surface area contributed by atoms with E-state index in [4.69, 9.17) is 5.84 Å². The standard InChI is InChI=1S/C8H10F3N3S/c1-2-15-7-4-5(8(9,10)11)3-6(13-7)14-12/h3-4H,2,12H2,1H3,(H,13,14). The summed E-state index contributed by atoms with van der Waals surface area (Å²) in [5.41, 5.74) is 1.37. The first-order valence-corrected chi connectivity index (χ1v) is 5.14. The Labute approximate surface area is 89.2 Å². The molecule has 1 heterocycles. The monoisotopic (exact) mass is 237 g/mol. The number of hydrazine groups is 1. The summed E-state index contributed by atoms with van der Waals surface area (Å²) in [5, 5.41) is 0.306. The summed E-state index contributed by atoms with van der Waals surface area (Å²) in [6.45, 7) is 1.84. The molecule has 1 aromatic rings. The van der Waals surface area contributed by atoms with E-state index < -0.39 is 11.7 Å². The van der Waals surface area contributed by atoms with Crippen molar-refractivity contribution in [2.24, 2.45) is 5.84 Å². The predicted molar refractivity (Wildman–Crippen MR) is 53.4 cm³/mol. The van der Waals surface area contributed by atoms with Gasteiger partial charge in [-0.2, -0.15) is 13.2 Å². The van der Waals surface area contributed by atoms with Gasteiger partial charge in [-0.1, -0.05) is 6.92 Å². The summed E-state index contributed by atoms with van der Waals surface area (Å²) in [4.78, 5) is 3.88. The summed E-state index contributed by atoms with van der Waals surface area (Å²) in [5.74, 6) is 5.70. The highest BCUT2D eigenvalue weighted by atomic mass is 32.2. The molecule has 0 spiro atoms. The molecule has 1 rings (SSSR count). The van der Waals surface area contributed by atoms with E-state index in [2.05, 4.69) is 10.4 Å². The number of thioether (sulfide) groups is 1. The normalized spacial score (nSPS) is 11.5. The van der Waals surface area contributed by atoms with Gasteiger partial charge in [-0.25, -0.2) is 10.8 Å². The zero-order chi connectivity index (χ0) is 11.5. The largest absolute Gasteiger partial charge is 0.416 e. The number of nitrogens with one attached hydrogen (secondary N) is 1. The van der Waals surface area contributed by atoms with E-state index in [9.17, 15) is 13.2 Å². The van der Waals surface area contributed by atoms with Gasteiger partial charge in [0.05, 0.1) is 10.6 Å². The smallest absolute Gasteiger partial charge is 0.308 e. The predicted octanol–water partition coefficient (Wildman–Crippen LogP) is 2.50. The molecular formula is C8H10F3N3S. The van der Waals surface area contributed by atoms with Crippen molar-refractivity contribution in [3.05, 3.63) is 17.7 Å². The van der Waals surface area contributed by atoms with Gasteiger partial charge >= 0.3 is 6.18 Å². The van der Waals surface area contributed by atoms with E-state index in [-0.39, 0.29) is 5.82 Å². The molecule has 3 N–H and O–H groups in total. The molecule has 0 radical (unpaired) electrons. The van der Waals surface area contributed by atoms with Crippen molar-refractivity contribution in [2.45, 2.75) is 18.1 Å². The highest BCUT2D eigenvalue weighted by Crippen LogP contribution is 2.32. The van der Waals surface area contributed by atoms with Gasteiger partial charge in [-0.3, -0.25) is 0 Å². The molecule has 0 saturated carbocycles. The van der Waals surface area contributed by atoms with Gasteiger partial charge in [-0.15, -0.1) is 11.8 Å². The van der Waals surface area contributed by atoms with Crippen LogP contribution in [-0.4, -0.2) is 10.7 Å². The minimum atomic E-state index is -4.38. The number of nitrogen functional groups attached to an aromatic ring is 1. The summed E-state index contributed by atoms with van der Waals surface area (Å²) >= 11 is 1.23. The third-order valence-electron chi connectivity index (χ3n) is 1.57. The minimum Gasteiger partial charge on any atom is -0.308 e. The Bertz CT molecular complexity index is 340. The summed E-state index contributed by atoms with van der Waals surface area (Å²) < 4.78 is 37.3. The van der Waals surface area contributed by atoms with Gasteiger partial charge < -0.3 is 5.43 Å². The highest BCUT2D eigenvalue weighted by molar-refractivity contribution is 7.99. The van der Waals surface area contributed by atoms with Gasteiger partial charge in [0.25, 0.3) is 0 Å². The van der Waals surface area contributed by atoms with E-state index in [1.807, 2.05) is 6.92 Å². The molecule has 84 valence electrons. The first-order valence-electron chi connectivity index (χ1n) is 4.16. The van der Waals surface area contributed by atoms with Crippen LogP contribution in [0.5, 0.6) is 0 Å². The Morgan fingerprint density at radius 2 is 2.13 bits per heavy atom. The molecule has 0 unspecified atom stereocenters. The molecule has 0 aromatic carbocycles. The maximum atomic E-state index is 12.4. The Morgan fingerprint density at radius 3 is 2.60 bits per heavy atom. The number of hydrogen-bond acceptors (Lipinski definition) is 4. The van der Waals surface area contributed by atoms with Crippen molar-refractivity contribution in [2.75, 3.05) is 11.2 Å². The van der Waals surface area contributed by atoms with Crippen LogP contribution >= 0.6 is 11.8 Å². The fraction of sp³-hybridized carbons (Fsp3) is 0.375. The Kier molecular flexibility index (Phi) is 3.81. The fourth-order valence-corrected chi connectivity index (χ4v) is 1.63. The van der Waals surface area contributed by atoms with Crippen molar-refractivity contribution in [3.63, 3.8) is 0 Å². The Morgan fingerprint density at radius 1 is 1.47 bits per heavy atom. The molecule has 7 heteroatoms. The van der Waals surface area contributed by atoms with Crippen LogP contribution < -0.4 is 11.3 Å². The average Bonchev–Trinajstić information content (AvgIpc) is 2.16. The zero-order valence-electron chi connectivity index (χ0n) is 7.93. The van der Waals surface area contributed by atoms with Crippen LogP contribution in [0.2, 0.25) is 0 Å². The SMILES string of the molecule is CCSc1cc(C(F)(F)F)cc(NN)n1. The van der Waals surface area contributed by atoms with Crippen LogP contribution in [0.1, 0.15) is 12.5 Å². The number of halogens is 3. The van der Waals surface area contributed by atoms with Gasteiger partial charge in [0, 0.05) is 0 Å². The summed E-state index contributed by atoms with van der Waals surface area (Å²) in [6, 6.07) is 1.88. The molecule has 0 bridgehead atoms. The van der Waals surface area contributed by atoms with Crippen molar-refractivity contribution in [3.8, 4) is 0 Å². The highest BCUT2D eigenvalue weighted by Gasteiger charge is 2.31. The van der Waals surface area contributed by atoms with Gasteiger partial charge in [0.1, 0.15) is 5.82 Å². The summed E-state index contributed by atoms with van der Waals surface area (Å²) in [6.07, 6.45) is -4.38. The summed E-state index contributed by atoms with van der Waals surface area (Å²) in [7, 11) is 0. The number of anilines is 1. The lowest BCUT2D eigenvalue weighted by molar-refractivity contribution is -0.137. The lowest BCUT2D eigenvalue weighted by atomic mass is 10.2. The van der Waals surface area contributed by atoms with Gasteiger partial charge in [0.15, 0.2) is 0 Å². The number of aromatic nitrogens is 1. The number of nitrogens with two attached hydrogens (primary N) is 1. The van der Waals surface area contributed by atoms with Gasteiger partial charge in [0.2, 0.25) is 0 Å². The van der Waals surface area contributed by atoms with Crippen LogP contribution in [0.3, 0.4) is 0 Å². The minimum absolute atomic E-state index is 0.0146. The van der Waals surface area contributed by atoms with Crippen molar-refractivity contribution in [1.29, 1.82) is 0 Å². The third kappa shape index (κ3) is 3.28. The molecule has 0 fully saturated rings. The molecule has 1 aromatic heterocycles. The second-order valence-electron chi connectivity index (χ2n) is 2.65. The van der Waals surface area contributed by atoms with Crippen LogP contribution in [0.25, 0.3) is 0 Å². The van der Waals surface area contributed by atoms with Gasteiger partial charge in [-0.05, 0) is 17.9 Å². The Hall–Kier alpha value is -0.950. The van der Waals surface area contributed by atoms with Crippen molar-refractivity contribution < 1.29 is 13.2 Å². The van der Waals surface area contributed by atoms with E-state index in [0.717, 1.165) is 12.1 Å². The van der Waals surface area contributed by atoms with E-state index >= 15 is 0 Å². The van der Waals surface area contributed by atoms with E-state index in [0.29, 0.717) is 10.8 Å². The van der Waals surface area contributed by atoms with Crippen LogP contribution in [-0.2, 0) is 6.18 Å². The second kappa shape index (κ2) is 4.71. The molecule has 0 amide bonds. The molecule has 0 aliphatic rings. The maximum Gasteiger partial charge on any atom is 0.416 e.